The zero-order valence-corrected chi connectivity index (χ0v) is 24.3. The molecule has 0 bridgehead atoms. The number of hydrogen-bond acceptors (Lipinski definition) is 7. The fourth-order valence-electron chi connectivity index (χ4n) is 5.61. The van der Waals surface area contributed by atoms with Crippen molar-refractivity contribution < 1.29 is 32.1 Å². The standard InChI is InChI=1S/C31H35F3N4O4/c1-19(37-13-11-35-12-14-37)29-28-23(38(36-29)18-20-9-10-24(39-2)25(15-20)40-3)17-26(41-4)30(42-5)27(28)21-7-6-8-22(16-21)31(32,33)34/h6-10,15-17,19,35H,11-14,18H2,1-5H3. The molecule has 0 aliphatic carbocycles. The van der Waals surface area contributed by atoms with Gasteiger partial charge >= 0.3 is 6.18 Å². The maximum absolute atomic E-state index is 13.8. The summed E-state index contributed by atoms with van der Waals surface area (Å²) in [7, 11) is 6.17. The van der Waals surface area contributed by atoms with Gasteiger partial charge in [-0.2, -0.15) is 18.3 Å². The average Bonchev–Trinajstić information content (AvgIpc) is 3.36. The van der Waals surface area contributed by atoms with Crippen LogP contribution in [0.2, 0.25) is 0 Å². The molecule has 11 heteroatoms. The molecule has 0 spiro atoms. The summed E-state index contributed by atoms with van der Waals surface area (Å²) in [5.41, 5.74) is 2.51. The molecule has 1 N–H and O–H groups in total. The molecule has 224 valence electrons. The van der Waals surface area contributed by atoms with Gasteiger partial charge in [0.05, 0.1) is 57.8 Å². The third kappa shape index (κ3) is 5.58. The van der Waals surface area contributed by atoms with E-state index in [1.165, 1.54) is 20.3 Å². The van der Waals surface area contributed by atoms with E-state index in [1.807, 2.05) is 28.9 Å². The fraction of sp³-hybridized carbons (Fsp3) is 0.387. The highest BCUT2D eigenvalue weighted by Gasteiger charge is 2.33. The van der Waals surface area contributed by atoms with Crippen LogP contribution in [0.25, 0.3) is 22.0 Å². The van der Waals surface area contributed by atoms with E-state index in [0.29, 0.717) is 46.2 Å². The second kappa shape index (κ2) is 12.1. The molecular weight excluding hydrogens is 549 g/mol. The number of nitrogens with zero attached hydrogens (tertiary/aromatic N) is 3. The molecule has 0 saturated carbocycles. The van der Waals surface area contributed by atoms with E-state index in [2.05, 4.69) is 17.1 Å². The van der Waals surface area contributed by atoms with Crippen molar-refractivity contribution in [2.24, 2.45) is 0 Å². The zero-order valence-electron chi connectivity index (χ0n) is 24.3. The largest absolute Gasteiger partial charge is 0.493 e. The smallest absolute Gasteiger partial charge is 0.416 e. The highest BCUT2D eigenvalue weighted by molar-refractivity contribution is 6.02. The molecule has 1 unspecified atom stereocenters. The van der Waals surface area contributed by atoms with E-state index in [1.54, 1.807) is 20.3 Å². The fourth-order valence-corrected chi connectivity index (χ4v) is 5.61. The quantitative estimate of drug-likeness (QED) is 0.268. The molecular formula is C31H35F3N4O4. The molecule has 1 saturated heterocycles. The Morgan fingerprint density at radius 3 is 2.24 bits per heavy atom. The maximum Gasteiger partial charge on any atom is 0.416 e. The lowest BCUT2D eigenvalue weighted by Gasteiger charge is -2.32. The van der Waals surface area contributed by atoms with Gasteiger partial charge in [-0.1, -0.05) is 18.2 Å². The van der Waals surface area contributed by atoms with E-state index < -0.39 is 11.7 Å². The Labute approximate surface area is 242 Å². The van der Waals surface area contributed by atoms with E-state index in [4.69, 9.17) is 24.0 Å². The number of fused-ring (bicyclic) bond motifs is 1. The summed E-state index contributed by atoms with van der Waals surface area (Å²) in [5, 5.41) is 9.21. The summed E-state index contributed by atoms with van der Waals surface area (Å²) in [6.45, 7) is 5.77. The van der Waals surface area contributed by atoms with Gasteiger partial charge in [-0.25, -0.2) is 0 Å². The van der Waals surface area contributed by atoms with Crippen LogP contribution in [-0.2, 0) is 12.7 Å². The van der Waals surface area contributed by atoms with Crippen molar-refractivity contribution in [3.8, 4) is 34.1 Å². The van der Waals surface area contributed by atoms with E-state index in [9.17, 15) is 13.2 Å². The lowest BCUT2D eigenvalue weighted by atomic mass is 9.94. The minimum atomic E-state index is -4.50. The second-order valence-corrected chi connectivity index (χ2v) is 10.2. The van der Waals surface area contributed by atoms with Gasteiger partial charge in [0.2, 0.25) is 0 Å². The van der Waals surface area contributed by atoms with Crippen molar-refractivity contribution in [2.45, 2.75) is 25.7 Å². The molecule has 1 atom stereocenters. The number of benzene rings is 3. The van der Waals surface area contributed by atoms with Gasteiger partial charge in [0.15, 0.2) is 23.0 Å². The lowest BCUT2D eigenvalue weighted by molar-refractivity contribution is -0.137. The molecule has 1 aliphatic rings. The number of alkyl halides is 3. The topological polar surface area (TPSA) is 70.0 Å². The van der Waals surface area contributed by atoms with Crippen LogP contribution in [0, 0.1) is 0 Å². The van der Waals surface area contributed by atoms with Crippen LogP contribution in [0.5, 0.6) is 23.0 Å². The van der Waals surface area contributed by atoms with Crippen LogP contribution >= 0.6 is 0 Å². The van der Waals surface area contributed by atoms with Gasteiger partial charge in [0, 0.05) is 43.2 Å². The molecule has 0 amide bonds. The normalized spacial score (nSPS) is 15.0. The molecule has 2 heterocycles. The Bertz CT molecular complexity index is 1560. The van der Waals surface area contributed by atoms with E-state index in [-0.39, 0.29) is 6.04 Å². The number of hydrogen-bond donors (Lipinski definition) is 1. The number of rotatable bonds is 9. The van der Waals surface area contributed by atoms with Gasteiger partial charge in [-0.3, -0.25) is 9.58 Å². The van der Waals surface area contributed by atoms with Gasteiger partial charge in [-0.15, -0.1) is 0 Å². The molecule has 5 rings (SSSR count). The summed E-state index contributed by atoms with van der Waals surface area (Å²) in [6, 6.07) is 12.7. The van der Waals surface area contributed by atoms with Crippen molar-refractivity contribution in [1.29, 1.82) is 0 Å². The van der Waals surface area contributed by atoms with Gasteiger partial charge in [0.1, 0.15) is 0 Å². The third-order valence-corrected chi connectivity index (χ3v) is 7.77. The minimum absolute atomic E-state index is 0.121. The lowest BCUT2D eigenvalue weighted by Crippen LogP contribution is -2.44. The van der Waals surface area contributed by atoms with Gasteiger partial charge < -0.3 is 24.3 Å². The Morgan fingerprint density at radius 1 is 0.881 bits per heavy atom. The van der Waals surface area contributed by atoms with Crippen molar-refractivity contribution in [3.63, 3.8) is 0 Å². The maximum atomic E-state index is 13.8. The van der Waals surface area contributed by atoms with Gasteiger partial charge in [-0.05, 0) is 42.3 Å². The Hall–Kier alpha value is -3.96. The summed E-state index contributed by atoms with van der Waals surface area (Å²) in [6.07, 6.45) is -4.50. The first-order valence-electron chi connectivity index (χ1n) is 13.7. The first kappa shape index (κ1) is 29.5. The summed E-state index contributed by atoms with van der Waals surface area (Å²) in [4.78, 5) is 2.33. The van der Waals surface area contributed by atoms with Crippen molar-refractivity contribution in [2.75, 3.05) is 54.6 Å². The van der Waals surface area contributed by atoms with Crippen LogP contribution in [0.4, 0.5) is 13.2 Å². The Morgan fingerprint density at radius 2 is 1.60 bits per heavy atom. The average molecular weight is 585 g/mol. The van der Waals surface area contributed by atoms with Crippen LogP contribution < -0.4 is 24.3 Å². The molecule has 3 aromatic carbocycles. The van der Waals surface area contributed by atoms with E-state index >= 15 is 0 Å². The van der Waals surface area contributed by atoms with Crippen molar-refractivity contribution >= 4 is 10.9 Å². The number of methoxy groups -OCH3 is 4. The minimum Gasteiger partial charge on any atom is -0.493 e. The van der Waals surface area contributed by atoms with Crippen LogP contribution in [0.3, 0.4) is 0 Å². The molecule has 42 heavy (non-hydrogen) atoms. The highest BCUT2D eigenvalue weighted by atomic mass is 19.4. The number of piperazine rings is 1. The predicted molar refractivity (Wildman–Crippen MR) is 155 cm³/mol. The molecule has 8 nitrogen and oxygen atoms in total. The second-order valence-electron chi connectivity index (χ2n) is 10.2. The number of ether oxygens (including phenoxy) is 4. The molecule has 1 aliphatic heterocycles. The zero-order chi connectivity index (χ0) is 30.0. The Balaban J connectivity index is 1.78. The SMILES string of the molecule is COc1ccc(Cn2nc(C(C)N3CCNCC3)c3c(-c4cccc(C(F)(F)F)c4)c(OC)c(OC)cc32)cc1OC. The number of nitrogens with one attached hydrogen (secondary N) is 1. The summed E-state index contributed by atoms with van der Waals surface area (Å²) >= 11 is 0. The monoisotopic (exact) mass is 584 g/mol. The summed E-state index contributed by atoms with van der Waals surface area (Å²) in [5.74, 6) is 1.94. The molecule has 0 radical (unpaired) electrons. The van der Waals surface area contributed by atoms with Gasteiger partial charge in [0.25, 0.3) is 0 Å². The van der Waals surface area contributed by atoms with Crippen molar-refractivity contribution in [1.82, 2.24) is 20.0 Å². The van der Waals surface area contributed by atoms with Crippen LogP contribution in [0.15, 0.2) is 48.5 Å². The Kier molecular flexibility index (Phi) is 8.51. The summed E-state index contributed by atoms with van der Waals surface area (Å²) < 4.78 is 65.8. The molecule has 1 fully saturated rings. The van der Waals surface area contributed by atoms with Crippen LogP contribution in [0.1, 0.15) is 29.8 Å². The molecule has 1 aromatic heterocycles. The third-order valence-electron chi connectivity index (χ3n) is 7.77. The van der Waals surface area contributed by atoms with Crippen LogP contribution in [-0.4, -0.2) is 69.3 Å². The first-order chi connectivity index (χ1) is 20.2. The van der Waals surface area contributed by atoms with E-state index in [0.717, 1.165) is 55.0 Å². The number of aromatic nitrogens is 2. The predicted octanol–water partition coefficient (Wildman–Crippen LogP) is 5.77. The highest BCUT2D eigenvalue weighted by Crippen LogP contribution is 2.47. The van der Waals surface area contributed by atoms with Crippen molar-refractivity contribution in [3.05, 3.63) is 65.4 Å². The molecule has 4 aromatic rings. The number of halogens is 3. The first-order valence-corrected chi connectivity index (χ1v) is 13.7.